The second-order valence-corrected chi connectivity index (χ2v) is 9.85. The fourth-order valence-electron chi connectivity index (χ4n) is 4.28. The topological polar surface area (TPSA) is 33.1 Å². The molecule has 1 fully saturated rings. The van der Waals surface area contributed by atoms with Gasteiger partial charge in [0, 0.05) is 11.9 Å². The molecule has 2 heterocycles. The van der Waals surface area contributed by atoms with Crippen molar-refractivity contribution in [2.45, 2.75) is 90.4 Å². The van der Waals surface area contributed by atoms with Gasteiger partial charge in [-0.25, -0.2) is 0 Å². The third-order valence-corrected chi connectivity index (χ3v) is 7.35. The van der Waals surface area contributed by atoms with Gasteiger partial charge in [0.05, 0.1) is 17.1 Å². The van der Waals surface area contributed by atoms with Gasteiger partial charge >= 0.3 is 0 Å². The quantitative estimate of drug-likeness (QED) is 0.283. The lowest BCUT2D eigenvalue weighted by molar-refractivity contribution is 0.210. The summed E-state index contributed by atoms with van der Waals surface area (Å²) in [6.45, 7) is 10.9. The number of hydrogen-bond donors (Lipinski definition) is 1. The Balaban J connectivity index is 0.00000176. The first-order valence-electron chi connectivity index (χ1n) is 12.8. The molecule has 0 radical (unpaired) electrons. The van der Waals surface area contributed by atoms with E-state index in [1.807, 2.05) is 25.6 Å². The number of nitrogens with zero attached hydrogens (tertiary/aromatic N) is 3. The van der Waals surface area contributed by atoms with Crippen LogP contribution in [0.25, 0.3) is 0 Å². The zero-order valence-corrected chi connectivity index (χ0v) is 22.2. The fraction of sp³-hybridized carbons (Fsp3) is 0.667. The third kappa shape index (κ3) is 8.47. The van der Waals surface area contributed by atoms with E-state index < -0.39 is 0 Å². The zero-order valence-electron chi connectivity index (χ0n) is 21.4. The smallest absolute Gasteiger partial charge is 0.0890 e. The van der Waals surface area contributed by atoms with Crippen molar-refractivity contribution in [1.29, 1.82) is 0 Å². The Morgan fingerprint density at radius 2 is 1.69 bits per heavy atom. The Morgan fingerprint density at radius 3 is 2.34 bits per heavy atom. The van der Waals surface area contributed by atoms with E-state index in [1.54, 1.807) is 11.9 Å². The van der Waals surface area contributed by atoms with E-state index in [-0.39, 0.29) is 0 Å². The molecule has 3 rings (SSSR count). The molecule has 5 heteroatoms. The highest BCUT2D eigenvalue weighted by molar-refractivity contribution is 8.00. The maximum absolute atomic E-state index is 4.69. The molecule has 1 aromatic carbocycles. The Hall–Kier alpha value is -1.46. The van der Waals surface area contributed by atoms with Gasteiger partial charge in [-0.2, -0.15) is 5.10 Å². The van der Waals surface area contributed by atoms with E-state index in [1.165, 1.54) is 92.0 Å². The average Bonchev–Trinajstić information content (AvgIpc) is 3.09. The molecule has 0 saturated carbocycles. The molecule has 2 aromatic rings. The first kappa shape index (κ1) is 26.8. The van der Waals surface area contributed by atoms with Crippen LogP contribution in [0.15, 0.2) is 29.2 Å². The van der Waals surface area contributed by atoms with Gasteiger partial charge < -0.3 is 9.62 Å². The van der Waals surface area contributed by atoms with Crippen LogP contribution in [0.3, 0.4) is 0 Å². The molecule has 1 saturated heterocycles. The molecule has 180 valence electrons. The Bertz CT molecular complexity index is 761. The van der Waals surface area contributed by atoms with Crippen LogP contribution in [0.2, 0.25) is 0 Å². The second-order valence-electron chi connectivity index (χ2n) is 8.97. The fourth-order valence-corrected chi connectivity index (χ4v) is 5.03. The van der Waals surface area contributed by atoms with Crippen molar-refractivity contribution in [3.8, 4) is 0 Å². The van der Waals surface area contributed by atoms with Crippen molar-refractivity contribution < 1.29 is 0 Å². The van der Waals surface area contributed by atoms with Crippen LogP contribution < -0.4 is 4.72 Å². The Kier molecular flexibility index (Phi) is 12.3. The number of nitrogens with one attached hydrogen (secondary N) is 1. The van der Waals surface area contributed by atoms with Gasteiger partial charge in [0.15, 0.2) is 0 Å². The highest BCUT2D eigenvalue weighted by atomic mass is 32.2. The van der Waals surface area contributed by atoms with E-state index in [9.17, 15) is 0 Å². The average molecular weight is 459 g/mol. The molecule has 1 aliphatic heterocycles. The summed E-state index contributed by atoms with van der Waals surface area (Å²) in [6.07, 6.45) is 11.5. The molecular formula is C27H46N4S. The number of unbranched alkanes of at least 4 members (excludes halogenated alkanes) is 2. The Labute approximate surface area is 201 Å². The predicted octanol–water partition coefficient (Wildman–Crippen LogP) is 7.27. The lowest BCUT2D eigenvalue weighted by atomic mass is 9.91. The van der Waals surface area contributed by atoms with Gasteiger partial charge in [0.1, 0.15) is 0 Å². The molecule has 0 aliphatic carbocycles. The summed E-state index contributed by atoms with van der Waals surface area (Å²) in [6, 6.07) is 9.10. The highest BCUT2D eigenvalue weighted by Crippen LogP contribution is 2.28. The van der Waals surface area contributed by atoms with E-state index in [4.69, 9.17) is 5.10 Å². The number of piperidine rings is 1. The molecule has 0 spiro atoms. The minimum absolute atomic E-state index is 0.962. The zero-order chi connectivity index (χ0) is 23.3. The Morgan fingerprint density at radius 1 is 1.00 bits per heavy atom. The summed E-state index contributed by atoms with van der Waals surface area (Å²) < 4.78 is 5.56. The van der Waals surface area contributed by atoms with Crippen molar-refractivity contribution >= 4 is 17.6 Å². The standard InChI is InChI=1S/C25H40N4S.C2H6/c1-5-6-11-24-25(20(2)29(4)26-24)27-30-23-14-12-21(13-15-23)9-7-8-10-22-16-18-28(3)19-17-22;1-2/h12-15,22,27H,5-11,16-19H2,1-4H3;1-2H3. The van der Waals surface area contributed by atoms with Gasteiger partial charge in [-0.1, -0.05) is 52.2 Å². The SMILES string of the molecule is CC.CCCCc1nn(C)c(C)c1NSc1ccc(CCCCC2CCN(C)CC2)cc1. The van der Waals surface area contributed by atoms with E-state index in [0.29, 0.717) is 0 Å². The van der Waals surface area contributed by atoms with Crippen LogP contribution in [0.1, 0.15) is 82.7 Å². The highest BCUT2D eigenvalue weighted by Gasteiger charge is 2.16. The molecule has 0 atom stereocenters. The monoisotopic (exact) mass is 458 g/mol. The van der Waals surface area contributed by atoms with Crippen LogP contribution in [0.4, 0.5) is 5.69 Å². The number of likely N-dealkylation sites (tertiary alicyclic amines) is 1. The van der Waals surface area contributed by atoms with Gasteiger partial charge in [-0.05, 0) is 101 Å². The minimum atomic E-state index is 0.962. The number of aromatic nitrogens is 2. The lowest BCUT2D eigenvalue weighted by Crippen LogP contribution is -2.30. The molecule has 1 aliphatic rings. The number of rotatable bonds is 11. The molecule has 0 amide bonds. The van der Waals surface area contributed by atoms with Gasteiger partial charge in [0.2, 0.25) is 0 Å². The van der Waals surface area contributed by atoms with Gasteiger partial charge in [-0.15, -0.1) is 0 Å². The number of aryl methyl sites for hydroxylation is 3. The molecule has 1 aromatic heterocycles. The van der Waals surface area contributed by atoms with Crippen LogP contribution in [0, 0.1) is 12.8 Å². The number of hydrogen-bond acceptors (Lipinski definition) is 4. The predicted molar refractivity (Wildman–Crippen MR) is 142 cm³/mol. The molecule has 0 bridgehead atoms. The largest absolute Gasteiger partial charge is 0.323 e. The van der Waals surface area contributed by atoms with Crippen molar-refractivity contribution in [3.63, 3.8) is 0 Å². The van der Waals surface area contributed by atoms with Crippen molar-refractivity contribution in [3.05, 3.63) is 41.2 Å². The summed E-state index contributed by atoms with van der Waals surface area (Å²) in [7, 11) is 4.28. The van der Waals surface area contributed by atoms with E-state index in [0.717, 1.165) is 12.3 Å². The second kappa shape index (κ2) is 14.6. The van der Waals surface area contributed by atoms with E-state index >= 15 is 0 Å². The van der Waals surface area contributed by atoms with Crippen LogP contribution in [0.5, 0.6) is 0 Å². The summed E-state index contributed by atoms with van der Waals surface area (Å²) in [5, 5.41) is 4.69. The first-order chi connectivity index (χ1) is 15.6. The van der Waals surface area contributed by atoms with Crippen LogP contribution >= 0.6 is 11.9 Å². The summed E-state index contributed by atoms with van der Waals surface area (Å²) in [4.78, 5) is 3.72. The van der Waals surface area contributed by atoms with Gasteiger partial charge in [-0.3, -0.25) is 4.68 Å². The first-order valence-corrected chi connectivity index (χ1v) is 13.6. The lowest BCUT2D eigenvalue weighted by Gasteiger charge is -2.28. The summed E-state index contributed by atoms with van der Waals surface area (Å²) >= 11 is 1.70. The number of anilines is 1. The maximum Gasteiger partial charge on any atom is 0.0890 e. The molecular weight excluding hydrogens is 412 g/mol. The van der Waals surface area contributed by atoms with Gasteiger partial charge in [0.25, 0.3) is 0 Å². The maximum atomic E-state index is 4.69. The molecule has 32 heavy (non-hydrogen) atoms. The minimum Gasteiger partial charge on any atom is -0.323 e. The molecule has 1 N–H and O–H groups in total. The van der Waals surface area contributed by atoms with Crippen molar-refractivity contribution in [1.82, 2.24) is 14.7 Å². The summed E-state index contributed by atoms with van der Waals surface area (Å²) in [5.41, 5.74) is 5.04. The van der Waals surface area contributed by atoms with E-state index in [2.05, 4.69) is 54.8 Å². The molecule has 4 nitrogen and oxygen atoms in total. The normalized spacial score (nSPS) is 14.8. The third-order valence-electron chi connectivity index (χ3n) is 6.53. The molecule has 0 unspecified atom stereocenters. The summed E-state index contributed by atoms with van der Waals surface area (Å²) in [5.74, 6) is 0.962. The number of benzene rings is 1. The van der Waals surface area contributed by atoms with Crippen LogP contribution in [-0.4, -0.2) is 34.8 Å². The van der Waals surface area contributed by atoms with Crippen molar-refractivity contribution in [2.24, 2.45) is 13.0 Å². The van der Waals surface area contributed by atoms with Crippen LogP contribution in [-0.2, 0) is 19.9 Å². The van der Waals surface area contributed by atoms with Crippen molar-refractivity contribution in [2.75, 3.05) is 24.9 Å².